The van der Waals surface area contributed by atoms with Gasteiger partial charge in [-0.3, -0.25) is 9.40 Å². The summed E-state index contributed by atoms with van der Waals surface area (Å²) in [7, 11) is -1.82. The van der Waals surface area contributed by atoms with Crippen LogP contribution in [-0.4, -0.2) is 30.6 Å². The molecule has 1 heterocycles. The predicted molar refractivity (Wildman–Crippen MR) is 81.7 cm³/mol. The lowest BCUT2D eigenvalue weighted by Gasteiger charge is -2.09. The van der Waals surface area contributed by atoms with E-state index in [-0.39, 0.29) is 12.4 Å². The van der Waals surface area contributed by atoms with Gasteiger partial charge in [0.2, 0.25) is 10.0 Å². The van der Waals surface area contributed by atoms with Crippen LogP contribution in [0.3, 0.4) is 0 Å². The fourth-order valence-electron chi connectivity index (χ4n) is 1.79. The molecule has 1 aromatic heterocycles. The average Bonchev–Trinajstić information content (AvgIpc) is 2.66. The van der Waals surface area contributed by atoms with Crippen LogP contribution in [0.2, 0.25) is 0 Å². The van der Waals surface area contributed by atoms with Crippen LogP contribution in [0.5, 0.6) is 5.75 Å². The van der Waals surface area contributed by atoms with E-state index in [1.54, 1.807) is 44.3 Å². The molecule has 0 spiro atoms. The second-order valence-corrected chi connectivity index (χ2v) is 6.48. The summed E-state index contributed by atoms with van der Waals surface area (Å²) < 4.78 is 33.2. The minimum absolute atomic E-state index is 0.0373. The molecule has 0 amide bonds. The zero-order valence-electron chi connectivity index (χ0n) is 11.9. The maximum atomic E-state index is 12.0. The number of nitrogens with two attached hydrogens (primary N) is 1. The number of ether oxygens (including phenoxy) is 1. The van der Waals surface area contributed by atoms with Crippen molar-refractivity contribution in [3.63, 3.8) is 0 Å². The van der Waals surface area contributed by atoms with Gasteiger partial charge in [-0.2, -0.15) is 5.10 Å². The Morgan fingerprint density at radius 1 is 1.38 bits per heavy atom. The van der Waals surface area contributed by atoms with Crippen molar-refractivity contribution in [1.82, 2.24) is 9.78 Å². The zero-order chi connectivity index (χ0) is 15.5. The second kappa shape index (κ2) is 6.04. The summed E-state index contributed by atoms with van der Waals surface area (Å²) in [4.78, 5) is 0. The molecule has 0 fully saturated rings. The number of hydrogen-bond acceptors (Lipinski definition) is 5. The van der Waals surface area contributed by atoms with E-state index >= 15 is 0 Å². The fraction of sp³-hybridized carbons (Fsp3) is 0.308. The lowest BCUT2D eigenvalue weighted by Crippen LogP contribution is -2.22. The highest BCUT2D eigenvalue weighted by Crippen LogP contribution is 2.15. The first-order valence-electron chi connectivity index (χ1n) is 6.35. The number of sulfonamides is 1. The Morgan fingerprint density at radius 3 is 2.76 bits per heavy atom. The molecule has 0 aliphatic heterocycles. The molecule has 1 aromatic carbocycles. The van der Waals surface area contributed by atoms with Gasteiger partial charge < -0.3 is 10.5 Å². The van der Waals surface area contributed by atoms with E-state index in [2.05, 4.69) is 9.82 Å². The number of aromatic nitrogens is 2. The van der Waals surface area contributed by atoms with Gasteiger partial charge in [0.1, 0.15) is 23.9 Å². The van der Waals surface area contributed by atoms with Crippen molar-refractivity contribution >= 4 is 21.5 Å². The number of aryl methyl sites for hydroxylation is 2. The van der Waals surface area contributed by atoms with E-state index < -0.39 is 10.0 Å². The predicted octanol–water partition coefficient (Wildman–Crippen LogP) is 1.13. The summed E-state index contributed by atoms with van der Waals surface area (Å²) in [6.07, 6.45) is 0. The Kier molecular flexibility index (Phi) is 4.37. The highest BCUT2D eigenvalue weighted by atomic mass is 32.2. The van der Waals surface area contributed by atoms with Gasteiger partial charge in [-0.25, -0.2) is 8.42 Å². The number of benzene rings is 1. The lowest BCUT2D eigenvalue weighted by atomic mass is 10.3. The molecule has 21 heavy (non-hydrogen) atoms. The van der Waals surface area contributed by atoms with E-state index in [9.17, 15) is 8.42 Å². The van der Waals surface area contributed by atoms with E-state index in [0.29, 0.717) is 17.3 Å². The number of nitrogens with zero attached hydrogens (tertiary/aromatic N) is 2. The van der Waals surface area contributed by atoms with Gasteiger partial charge in [0.25, 0.3) is 0 Å². The van der Waals surface area contributed by atoms with E-state index in [1.165, 1.54) is 4.68 Å². The Balaban J connectivity index is 1.91. The number of anilines is 2. The quantitative estimate of drug-likeness (QED) is 0.779. The smallest absolute Gasteiger partial charge is 0.237 e. The van der Waals surface area contributed by atoms with Gasteiger partial charge in [-0.15, -0.1) is 0 Å². The molecule has 7 nitrogen and oxygen atoms in total. The summed E-state index contributed by atoms with van der Waals surface area (Å²) in [5, 5.41) is 4.08. The van der Waals surface area contributed by atoms with Crippen molar-refractivity contribution in [2.45, 2.75) is 6.92 Å². The van der Waals surface area contributed by atoms with Crippen LogP contribution in [-0.2, 0) is 17.1 Å². The summed E-state index contributed by atoms with van der Waals surface area (Å²) in [5.74, 6) is 0.810. The number of hydrogen-bond donors (Lipinski definition) is 2. The Bertz CT molecular complexity index is 725. The third-order valence-corrected chi connectivity index (χ3v) is 3.97. The fourth-order valence-corrected chi connectivity index (χ4v) is 2.70. The summed E-state index contributed by atoms with van der Waals surface area (Å²) in [5.41, 5.74) is 6.93. The van der Waals surface area contributed by atoms with Gasteiger partial charge in [0.15, 0.2) is 0 Å². The molecule has 0 aliphatic carbocycles. The minimum Gasteiger partial charge on any atom is -0.492 e. The van der Waals surface area contributed by atoms with Crippen LogP contribution in [0, 0.1) is 6.92 Å². The average molecular weight is 310 g/mol. The van der Waals surface area contributed by atoms with Gasteiger partial charge in [0.05, 0.1) is 5.69 Å². The lowest BCUT2D eigenvalue weighted by molar-refractivity contribution is 0.341. The molecule has 0 saturated heterocycles. The molecule has 2 rings (SSSR count). The highest BCUT2D eigenvalue weighted by molar-refractivity contribution is 7.92. The van der Waals surface area contributed by atoms with Crippen LogP contribution >= 0.6 is 0 Å². The van der Waals surface area contributed by atoms with Crippen molar-refractivity contribution in [2.24, 2.45) is 7.05 Å². The molecule has 8 heteroatoms. The monoisotopic (exact) mass is 310 g/mol. The maximum absolute atomic E-state index is 12.0. The van der Waals surface area contributed by atoms with E-state index in [1.807, 2.05) is 0 Å². The molecule has 0 unspecified atom stereocenters. The maximum Gasteiger partial charge on any atom is 0.237 e. The highest BCUT2D eigenvalue weighted by Gasteiger charge is 2.13. The molecule has 0 saturated carbocycles. The first-order valence-corrected chi connectivity index (χ1v) is 8.00. The second-order valence-electron chi connectivity index (χ2n) is 4.64. The van der Waals surface area contributed by atoms with Crippen molar-refractivity contribution in [2.75, 3.05) is 22.8 Å². The molecule has 114 valence electrons. The zero-order valence-corrected chi connectivity index (χ0v) is 12.7. The van der Waals surface area contributed by atoms with Crippen molar-refractivity contribution in [3.05, 3.63) is 36.0 Å². The Morgan fingerprint density at radius 2 is 2.14 bits per heavy atom. The van der Waals surface area contributed by atoms with Crippen LogP contribution in [0.1, 0.15) is 5.69 Å². The molecule has 0 aliphatic rings. The molecule has 2 aromatic rings. The van der Waals surface area contributed by atoms with E-state index in [4.69, 9.17) is 10.5 Å². The topological polar surface area (TPSA) is 99.2 Å². The number of nitrogens with one attached hydrogen (secondary N) is 1. The van der Waals surface area contributed by atoms with Crippen molar-refractivity contribution in [3.8, 4) is 5.75 Å². The van der Waals surface area contributed by atoms with E-state index in [0.717, 1.165) is 5.69 Å². The summed E-state index contributed by atoms with van der Waals surface area (Å²) in [6, 6.07) is 8.51. The van der Waals surface area contributed by atoms with Crippen LogP contribution in [0.15, 0.2) is 30.3 Å². The third-order valence-electron chi connectivity index (χ3n) is 2.74. The van der Waals surface area contributed by atoms with Crippen molar-refractivity contribution in [1.29, 1.82) is 0 Å². The number of rotatable bonds is 6. The molecule has 0 bridgehead atoms. The normalized spacial score (nSPS) is 11.3. The molecule has 3 N–H and O–H groups in total. The summed E-state index contributed by atoms with van der Waals surface area (Å²) >= 11 is 0. The summed E-state index contributed by atoms with van der Waals surface area (Å²) in [6.45, 7) is 1.83. The first kappa shape index (κ1) is 15.2. The third kappa shape index (κ3) is 4.38. The Hall–Kier alpha value is -2.22. The minimum atomic E-state index is -3.49. The number of nitrogen functional groups attached to an aromatic ring is 1. The first-order chi connectivity index (χ1) is 9.85. The van der Waals surface area contributed by atoms with Gasteiger partial charge in [0, 0.05) is 24.9 Å². The SMILES string of the molecule is Cc1cc(NS(=O)(=O)CCOc2cccc(N)c2)n(C)n1. The largest absolute Gasteiger partial charge is 0.492 e. The molecular formula is C13H18N4O3S. The molecular weight excluding hydrogens is 292 g/mol. The molecule has 0 radical (unpaired) electrons. The van der Waals surface area contributed by atoms with Crippen LogP contribution in [0.25, 0.3) is 0 Å². The van der Waals surface area contributed by atoms with Crippen molar-refractivity contribution < 1.29 is 13.2 Å². The van der Waals surface area contributed by atoms with Crippen LogP contribution < -0.4 is 15.2 Å². The van der Waals surface area contributed by atoms with Crippen LogP contribution in [0.4, 0.5) is 11.5 Å². The van der Waals surface area contributed by atoms with Gasteiger partial charge in [-0.05, 0) is 19.1 Å². The molecule has 0 atom stereocenters. The standard InChI is InChI=1S/C13H18N4O3S/c1-10-8-13(17(2)15-10)16-21(18,19)7-6-20-12-5-3-4-11(14)9-12/h3-5,8-9,16H,6-7,14H2,1-2H3. The Labute approximate surface area is 123 Å². The van der Waals surface area contributed by atoms with Gasteiger partial charge in [-0.1, -0.05) is 6.07 Å². The van der Waals surface area contributed by atoms with Gasteiger partial charge >= 0.3 is 0 Å².